The number of nitrogens with zero attached hydrogens (tertiary/aromatic N) is 2. The van der Waals surface area contributed by atoms with E-state index in [1.54, 1.807) is 0 Å². The Balaban J connectivity index is 2.18. The summed E-state index contributed by atoms with van der Waals surface area (Å²) in [6.07, 6.45) is 7.19. The van der Waals surface area contributed by atoms with Gasteiger partial charge in [0.2, 0.25) is 5.91 Å². The number of halogens is 2. The van der Waals surface area contributed by atoms with Gasteiger partial charge >= 0.3 is 0 Å². The topological polar surface area (TPSA) is 80.9 Å². The maximum atomic E-state index is 12.6. The van der Waals surface area contributed by atoms with Crippen LogP contribution in [0, 0.1) is 5.41 Å². The lowest BCUT2D eigenvalue weighted by Crippen LogP contribution is -2.42. The normalized spacial score (nSPS) is 18.4. The van der Waals surface area contributed by atoms with Gasteiger partial charge in [-0.05, 0) is 12.8 Å². The zero-order valence-corrected chi connectivity index (χ0v) is 12.7. The highest BCUT2D eigenvalue weighted by Gasteiger charge is 2.37. The summed E-state index contributed by atoms with van der Waals surface area (Å²) in [7, 11) is 0. The highest BCUT2D eigenvalue weighted by Crippen LogP contribution is 2.36. The first-order valence-corrected chi connectivity index (χ1v) is 7.52. The lowest BCUT2D eigenvalue weighted by atomic mass is 9.79. The summed E-state index contributed by atoms with van der Waals surface area (Å²) in [4.78, 5) is 20.3. The van der Waals surface area contributed by atoms with E-state index in [9.17, 15) is 4.79 Å². The fourth-order valence-electron chi connectivity index (χ4n) is 2.60. The third-order valence-corrected chi connectivity index (χ3v) is 4.65. The molecule has 0 unspecified atom stereocenters. The number of rotatable bonds is 3. The molecule has 1 aliphatic carbocycles. The highest BCUT2D eigenvalue weighted by atomic mass is 35.5. The smallest absolute Gasteiger partial charge is 0.233 e. The molecular weight excluding hydrogens is 299 g/mol. The molecule has 3 N–H and O–H groups in total. The Morgan fingerprint density at radius 2 is 1.90 bits per heavy atom. The van der Waals surface area contributed by atoms with Crippen LogP contribution >= 0.6 is 23.2 Å². The Hall–Kier alpha value is -0.910. The molecule has 0 atom stereocenters. The third kappa shape index (κ3) is 3.22. The fraction of sp³-hybridized carbons (Fsp3) is 0.615. The number of hydrogen-bond donors (Lipinski definition) is 2. The van der Waals surface area contributed by atoms with Crippen molar-refractivity contribution in [3.05, 3.63) is 16.5 Å². The average molecular weight is 317 g/mol. The van der Waals surface area contributed by atoms with Crippen LogP contribution in [0.1, 0.15) is 38.5 Å². The minimum Gasteiger partial charge on any atom is -0.329 e. The second-order valence-electron chi connectivity index (χ2n) is 5.18. The SMILES string of the molecule is NCC1(C(=O)Nc2ncnc(Cl)c2Cl)CCCCCC1. The van der Waals surface area contributed by atoms with E-state index in [0.717, 1.165) is 38.5 Å². The number of carbonyl (C=O) groups is 1. The van der Waals surface area contributed by atoms with Gasteiger partial charge in [0.05, 0.1) is 5.41 Å². The number of nitrogens with one attached hydrogen (secondary N) is 1. The molecule has 1 aliphatic rings. The van der Waals surface area contributed by atoms with Gasteiger partial charge in [0.15, 0.2) is 11.0 Å². The number of amides is 1. The molecule has 1 aromatic heterocycles. The van der Waals surface area contributed by atoms with E-state index >= 15 is 0 Å². The Kier molecular flexibility index (Phi) is 5.18. The van der Waals surface area contributed by atoms with Gasteiger partial charge in [-0.25, -0.2) is 9.97 Å². The van der Waals surface area contributed by atoms with Crippen LogP contribution in [0.4, 0.5) is 5.82 Å². The van der Waals surface area contributed by atoms with Crippen LogP contribution < -0.4 is 11.1 Å². The second-order valence-corrected chi connectivity index (χ2v) is 5.92. The van der Waals surface area contributed by atoms with E-state index in [2.05, 4.69) is 15.3 Å². The lowest BCUT2D eigenvalue weighted by Gasteiger charge is -2.29. The van der Waals surface area contributed by atoms with Crippen molar-refractivity contribution < 1.29 is 4.79 Å². The zero-order chi connectivity index (χ0) is 14.6. The summed E-state index contributed by atoms with van der Waals surface area (Å²) in [5.74, 6) is 0.118. The molecule has 5 nitrogen and oxygen atoms in total. The maximum absolute atomic E-state index is 12.6. The fourth-order valence-corrected chi connectivity index (χ4v) is 2.88. The van der Waals surface area contributed by atoms with Crippen molar-refractivity contribution in [2.24, 2.45) is 11.1 Å². The van der Waals surface area contributed by atoms with Gasteiger partial charge in [-0.2, -0.15) is 0 Å². The second kappa shape index (κ2) is 6.70. The molecule has 0 bridgehead atoms. The van der Waals surface area contributed by atoms with Gasteiger partial charge in [0.25, 0.3) is 0 Å². The van der Waals surface area contributed by atoms with Crippen molar-refractivity contribution in [1.82, 2.24) is 9.97 Å². The predicted octanol–water partition coefficient (Wildman–Crippen LogP) is 3.02. The molecule has 1 amide bonds. The van der Waals surface area contributed by atoms with Crippen LogP contribution in [0.5, 0.6) is 0 Å². The number of hydrogen-bond acceptors (Lipinski definition) is 4. The van der Waals surface area contributed by atoms with Crippen molar-refractivity contribution in [2.75, 3.05) is 11.9 Å². The molecule has 0 aliphatic heterocycles. The number of anilines is 1. The molecule has 20 heavy (non-hydrogen) atoms. The van der Waals surface area contributed by atoms with Crippen molar-refractivity contribution in [2.45, 2.75) is 38.5 Å². The number of aromatic nitrogens is 2. The summed E-state index contributed by atoms with van der Waals surface area (Å²) in [5, 5.41) is 3.03. The molecule has 0 saturated heterocycles. The van der Waals surface area contributed by atoms with Crippen molar-refractivity contribution >= 4 is 34.9 Å². The Morgan fingerprint density at radius 1 is 1.25 bits per heavy atom. The van der Waals surface area contributed by atoms with E-state index in [1.807, 2.05) is 0 Å². The molecule has 1 saturated carbocycles. The molecular formula is C13H18Cl2N4O. The van der Waals surface area contributed by atoms with E-state index in [4.69, 9.17) is 28.9 Å². The first kappa shape index (κ1) is 15.5. The van der Waals surface area contributed by atoms with Gasteiger partial charge in [-0.3, -0.25) is 4.79 Å². The van der Waals surface area contributed by atoms with E-state index < -0.39 is 5.41 Å². The van der Waals surface area contributed by atoms with Gasteiger partial charge in [0, 0.05) is 6.54 Å². The van der Waals surface area contributed by atoms with Crippen LogP contribution in [0.2, 0.25) is 10.2 Å². The summed E-state index contributed by atoms with van der Waals surface area (Å²) in [5.41, 5.74) is 5.35. The molecule has 0 spiro atoms. The van der Waals surface area contributed by atoms with Crippen molar-refractivity contribution in [3.8, 4) is 0 Å². The van der Waals surface area contributed by atoms with Crippen LogP contribution in [0.15, 0.2) is 6.33 Å². The maximum Gasteiger partial charge on any atom is 0.233 e. The Morgan fingerprint density at radius 3 is 2.50 bits per heavy atom. The summed E-state index contributed by atoms with van der Waals surface area (Å²) < 4.78 is 0. The van der Waals surface area contributed by atoms with Crippen molar-refractivity contribution in [1.29, 1.82) is 0 Å². The first-order chi connectivity index (χ1) is 9.59. The molecule has 0 radical (unpaired) electrons. The van der Waals surface area contributed by atoms with Crippen LogP contribution in [-0.4, -0.2) is 22.4 Å². The molecule has 0 aromatic carbocycles. The Labute approximate surface area is 128 Å². The van der Waals surface area contributed by atoms with E-state index in [-0.39, 0.29) is 21.9 Å². The van der Waals surface area contributed by atoms with E-state index in [0.29, 0.717) is 6.54 Å². The summed E-state index contributed by atoms with van der Waals surface area (Å²) in [6.45, 7) is 0.329. The van der Waals surface area contributed by atoms with Crippen LogP contribution in [0.3, 0.4) is 0 Å². The van der Waals surface area contributed by atoms with E-state index in [1.165, 1.54) is 6.33 Å². The molecule has 1 heterocycles. The first-order valence-electron chi connectivity index (χ1n) is 6.76. The summed E-state index contributed by atoms with van der Waals surface area (Å²) in [6, 6.07) is 0. The molecule has 110 valence electrons. The predicted molar refractivity (Wildman–Crippen MR) is 79.9 cm³/mol. The number of carbonyl (C=O) groups excluding carboxylic acids is 1. The van der Waals surface area contributed by atoms with Crippen LogP contribution in [0.25, 0.3) is 0 Å². The quantitative estimate of drug-likeness (QED) is 0.663. The summed E-state index contributed by atoms with van der Waals surface area (Å²) >= 11 is 11.8. The van der Waals surface area contributed by atoms with Gasteiger partial charge in [-0.1, -0.05) is 48.9 Å². The van der Waals surface area contributed by atoms with Crippen molar-refractivity contribution in [3.63, 3.8) is 0 Å². The molecule has 2 rings (SSSR count). The molecule has 7 heteroatoms. The standard InChI is InChI=1S/C13H18Cl2N4O/c14-9-10(15)17-8-18-11(9)19-12(20)13(7-16)5-3-1-2-4-6-13/h8H,1-7,16H2,(H,17,18,19,20). The third-order valence-electron chi connectivity index (χ3n) is 3.91. The minimum absolute atomic E-state index is 0.125. The monoisotopic (exact) mass is 316 g/mol. The zero-order valence-electron chi connectivity index (χ0n) is 11.2. The van der Waals surface area contributed by atoms with Gasteiger partial charge < -0.3 is 11.1 Å². The van der Waals surface area contributed by atoms with Crippen LogP contribution in [-0.2, 0) is 4.79 Å². The largest absolute Gasteiger partial charge is 0.329 e. The lowest BCUT2D eigenvalue weighted by molar-refractivity contribution is -0.125. The van der Waals surface area contributed by atoms with Gasteiger partial charge in [0.1, 0.15) is 11.3 Å². The molecule has 1 aromatic rings. The number of nitrogens with two attached hydrogens (primary N) is 1. The average Bonchev–Trinajstić information content (AvgIpc) is 2.70. The molecule has 1 fully saturated rings. The highest BCUT2D eigenvalue weighted by molar-refractivity contribution is 6.42. The minimum atomic E-state index is -0.531. The Bertz CT molecular complexity index is 487. The van der Waals surface area contributed by atoms with Gasteiger partial charge in [-0.15, -0.1) is 0 Å².